The van der Waals surface area contributed by atoms with Gasteiger partial charge in [0.2, 0.25) is 0 Å². The lowest BCUT2D eigenvalue weighted by molar-refractivity contribution is 0.310. The molecule has 0 aromatic carbocycles. The van der Waals surface area contributed by atoms with Crippen molar-refractivity contribution in [2.45, 2.75) is 25.4 Å². The molecule has 0 fully saturated rings. The second-order valence-electron chi connectivity index (χ2n) is 2.07. The van der Waals surface area contributed by atoms with E-state index in [0.717, 1.165) is 11.3 Å². The molecule has 0 heterocycles. The van der Waals surface area contributed by atoms with Crippen molar-refractivity contribution in [3.63, 3.8) is 0 Å². The number of alkyl halides is 1. The molecule has 0 amide bonds. The summed E-state index contributed by atoms with van der Waals surface area (Å²) in [5.41, 5.74) is 0. The highest BCUT2D eigenvalue weighted by Crippen LogP contribution is 2.21. The molecule has 0 spiro atoms. The van der Waals surface area contributed by atoms with Crippen molar-refractivity contribution in [2.75, 3.05) is 0 Å². The summed E-state index contributed by atoms with van der Waals surface area (Å²) in [5, 5.41) is 0. The Bertz CT molecular complexity index is 109. The highest BCUT2D eigenvalue weighted by molar-refractivity contribution is 7.84. The van der Waals surface area contributed by atoms with Crippen LogP contribution in [0.4, 0.5) is 4.39 Å². The highest BCUT2D eigenvalue weighted by Gasteiger charge is 2.09. The molecule has 8 heavy (non-hydrogen) atoms. The lowest BCUT2D eigenvalue weighted by Crippen LogP contribution is -2.02. The zero-order valence-corrected chi connectivity index (χ0v) is 5.50. The van der Waals surface area contributed by atoms with Crippen molar-refractivity contribution in [1.82, 2.24) is 0 Å². The van der Waals surface area contributed by atoms with E-state index in [1.807, 2.05) is 6.08 Å². The monoisotopic (exact) mass is 132 g/mol. The van der Waals surface area contributed by atoms with Crippen molar-refractivity contribution < 1.29 is 4.39 Å². The lowest BCUT2D eigenvalue weighted by atomic mass is 10.1. The minimum atomic E-state index is -0.606. The van der Waals surface area contributed by atoms with Crippen molar-refractivity contribution in [2.24, 2.45) is 0 Å². The van der Waals surface area contributed by atoms with E-state index >= 15 is 0 Å². The number of allylic oxidation sites excluding steroid dienone is 2. The molecule has 0 aromatic heterocycles. The normalized spacial score (nSPS) is 29.8. The van der Waals surface area contributed by atoms with E-state index in [2.05, 4.69) is 12.6 Å². The summed E-state index contributed by atoms with van der Waals surface area (Å²) in [6, 6.07) is 0. The SMILES string of the molecule is FC1CC=C(S)CC1. The van der Waals surface area contributed by atoms with Crippen LogP contribution >= 0.6 is 12.6 Å². The molecule has 0 aliphatic heterocycles. The Labute approximate surface area is 54.2 Å². The molecule has 2 heteroatoms. The Balaban J connectivity index is 2.42. The summed E-state index contributed by atoms with van der Waals surface area (Å²) in [6.07, 6.45) is 3.31. The van der Waals surface area contributed by atoms with Crippen LogP contribution < -0.4 is 0 Å². The van der Waals surface area contributed by atoms with Crippen molar-refractivity contribution in [3.05, 3.63) is 11.0 Å². The molecular weight excluding hydrogens is 123 g/mol. The predicted molar refractivity (Wildman–Crippen MR) is 35.8 cm³/mol. The third-order valence-electron chi connectivity index (χ3n) is 1.32. The molecule has 1 aliphatic carbocycles. The van der Waals surface area contributed by atoms with Gasteiger partial charge in [0.1, 0.15) is 6.17 Å². The van der Waals surface area contributed by atoms with E-state index in [-0.39, 0.29) is 0 Å². The van der Waals surface area contributed by atoms with Crippen molar-refractivity contribution in [3.8, 4) is 0 Å². The number of halogens is 1. The molecular formula is C6H9FS. The number of rotatable bonds is 0. The van der Waals surface area contributed by atoms with Gasteiger partial charge in [-0.1, -0.05) is 6.08 Å². The van der Waals surface area contributed by atoms with E-state index < -0.39 is 6.17 Å². The Morgan fingerprint density at radius 3 is 2.88 bits per heavy atom. The molecule has 0 saturated heterocycles. The van der Waals surface area contributed by atoms with Gasteiger partial charge in [0.15, 0.2) is 0 Å². The van der Waals surface area contributed by atoms with E-state index in [1.165, 1.54) is 0 Å². The van der Waals surface area contributed by atoms with Crippen LogP contribution in [0.25, 0.3) is 0 Å². The smallest absolute Gasteiger partial charge is 0.104 e. The first-order valence-electron chi connectivity index (χ1n) is 2.81. The van der Waals surface area contributed by atoms with E-state index in [9.17, 15) is 4.39 Å². The van der Waals surface area contributed by atoms with Gasteiger partial charge in [-0.25, -0.2) is 4.39 Å². The number of thiol groups is 1. The summed E-state index contributed by atoms with van der Waals surface area (Å²) in [6.45, 7) is 0. The topological polar surface area (TPSA) is 0 Å². The standard InChI is InChI=1S/C6H9FS/c7-5-1-3-6(8)4-2-5/h3,5,8H,1-2,4H2. The summed E-state index contributed by atoms with van der Waals surface area (Å²) in [4.78, 5) is 1.04. The van der Waals surface area contributed by atoms with E-state index in [4.69, 9.17) is 0 Å². The van der Waals surface area contributed by atoms with Gasteiger partial charge in [-0.15, -0.1) is 12.6 Å². The minimum Gasteiger partial charge on any atom is -0.247 e. The van der Waals surface area contributed by atoms with Crippen LogP contribution in [0.1, 0.15) is 19.3 Å². The van der Waals surface area contributed by atoms with Gasteiger partial charge in [-0.3, -0.25) is 0 Å². The zero-order chi connectivity index (χ0) is 5.98. The van der Waals surface area contributed by atoms with Gasteiger partial charge >= 0.3 is 0 Å². The van der Waals surface area contributed by atoms with Crippen LogP contribution in [0.15, 0.2) is 11.0 Å². The predicted octanol–water partition coefficient (Wildman–Crippen LogP) is 2.32. The van der Waals surface area contributed by atoms with Crippen LogP contribution in [0.5, 0.6) is 0 Å². The maximum absolute atomic E-state index is 12.3. The average molecular weight is 132 g/mol. The second kappa shape index (κ2) is 2.53. The van der Waals surface area contributed by atoms with Crippen LogP contribution in [-0.4, -0.2) is 6.17 Å². The molecule has 1 atom stereocenters. The maximum atomic E-state index is 12.3. The van der Waals surface area contributed by atoms with Gasteiger partial charge < -0.3 is 0 Å². The lowest BCUT2D eigenvalue weighted by Gasteiger charge is -2.10. The molecule has 1 aliphatic rings. The molecule has 0 aromatic rings. The summed E-state index contributed by atoms with van der Waals surface area (Å²) >= 11 is 4.10. The summed E-state index contributed by atoms with van der Waals surface area (Å²) in [5.74, 6) is 0. The molecule has 0 saturated carbocycles. The number of hydrogen-bond acceptors (Lipinski definition) is 1. The maximum Gasteiger partial charge on any atom is 0.104 e. The molecule has 0 radical (unpaired) electrons. The van der Waals surface area contributed by atoms with Crippen molar-refractivity contribution >= 4 is 12.6 Å². The Hall–Kier alpha value is 0.0200. The van der Waals surface area contributed by atoms with Gasteiger partial charge in [0.05, 0.1) is 0 Å². The Morgan fingerprint density at radius 1 is 1.75 bits per heavy atom. The molecule has 1 unspecified atom stereocenters. The Kier molecular flexibility index (Phi) is 1.95. The fourth-order valence-corrected chi connectivity index (χ4v) is 1.02. The van der Waals surface area contributed by atoms with Crippen LogP contribution in [-0.2, 0) is 0 Å². The van der Waals surface area contributed by atoms with Gasteiger partial charge in [-0.05, 0) is 24.2 Å². The van der Waals surface area contributed by atoms with Gasteiger partial charge in [-0.2, -0.15) is 0 Å². The fraction of sp³-hybridized carbons (Fsp3) is 0.667. The molecule has 0 N–H and O–H groups in total. The zero-order valence-electron chi connectivity index (χ0n) is 4.60. The Morgan fingerprint density at radius 2 is 2.50 bits per heavy atom. The van der Waals surface area contributed by atoms with Crippen LogP contribution in [0, 0.1) is 0 Å². The minimum absolute atomic E-state index is 0.568. The average Bonchev–Trinajstić information content (AvgIpc) is 1.77. The summed E-state index contributed by atoms with van der Waals surface area (Å²) < 4.78 is 12.3. The van der Waals surface area contributed by atoms with Crippen molar-refractivity contribution in [1.29, 1.82) is 0 Å². The third-order valence-corrected chi connectivity index (χ3v) is 1.73. The van der Waals surface area contributed by atoms with Crippen LogP contribution in [0.2, 0.25) is 0 Å². The second-order valence-corrected chi connectivity index (χ2v) is 2.64. The molecule has 46 valence electrons. The summed E-state index contributed by atoms with van der Waals surface area (Å²) in [7, 11) is 0. The van der Waals surface area contributed by atoms with Gasteiger partial charge in [0, 0.05) is 0 Å². The van der Waals surface area contributed by atoms with Gasteiger partial charge in [0.25, 0.3) is 0 Å². The molecule has 1 rings (SSSR count). The molecule has 0 bridgehead atoms. The largest absolute Gasteiger partial charge is 0.247 e. The highest BCUT2D eigenvalue weighted by atomic mass is 32.1. The third kappa shape index (κ3) is 1.51. The van der Waals surface area contributed by atoms with Crippen LogP contribution in [0.3, 0.4) is 0 Å². The van der Waals surface area contributed by atoms with E-state index in [0.29, 0.717) is 12.8 Å². The first-order valence-corrected chi connectivity index (χ1v) is 3.26. The quantitative estimate of drug-likeness (QED) is 0.480. The fourth-order valence-electron chi connectivity index (χ4n) is 0.788. The number of hydrogen-bond donors (Lipinski definition) is 1. The van der Waals surface area contributed by atoms with E-state index in [1.54, 1.807) is 0 Å². The first kappa shape index (κ1) is 6.14. The first-order chi connectivity index (χ1) is 3.79. The molecule has 0 nitrogen and oxygen atoms in total.